The van der Waals surface area contributed by atoms with Gasteiger partial charge in [0.2, 0.25) is 0 Å². The Kier molecular flexibility index (Phi) is 30.6. The van der Waals surface area contributed by atoms with Crippen LogP contribution in [0.15, 0.2) is 48.6 Å². The first-order chi connectivity index (χ1) is 21.3. The van der Waals surface area contributed by atoms with Crippen molar-refractivity contribution in [1.82, 2.24) is 0 Å². The summed E-state index contributed by atoms with van der Waals surface area (Å²) in [4.78, 5) is 23.8. The standard InChI is InChI=1S/C38H66O6/c1-4-34(2)28-24-20-16-14-15-19-23-27-31-38(42)44-33-36(40)32-43-37(41)30-26-22-18-13-11-9-7-5-6-8-10-12-17-21-25-29-35(3)39/h6-9,12-13,17-18,34-36,39-40H,4-5,10-11,14-16,19-33H2,1-3H3/b8-6-,9-7-,17-12-,18-13-/t34?,35-,36-/m1/s1. The maximum absolute atomic E-state index is 11.9. The van der Waals surface area contributed by atoms with Crippen LogP contribution in [0.25, 0.3) is 0 Å². The van der Waals surface area contributed by atoms with Gasteiger partial charge in [-0.2, -0.15) is 0 Å². The lowest BCUT2D eigenvalue weighted by Crippen LogP contribution is -2.25. The first kappa shape index (κ1) is 41.8. The fraction of sp³-hybridized carbons (Fsp3) is 0.737. The number of ether oxygens (including phenoxy) is 2. The van der Waals surface area contributed by atoms with E-state index in [1.54, 1.807) is 0 Å². The molecule has 0 bridgehead atoms. The van der Waals surface area contributed by atoms with E-state index in [2.05, 4.69) is 62.5 Å². The monoisotopic (exact) mass is 618 g/mol. The number of carbonyl (C=O) groups excluding carboxylic acids is 2. The van der Waals surface area contributed by atoms with Gasteiger partial charge in [-0.3, -0.25) is 9.59 Å². The average Bonchev–Trinajstić information content (AvgIpc) is 3.00. The van der Waals surface area contributed by atoms with Crippen molar-refractivity contribution in [2.75, 3.05) is 13.2 Å². The highest BCUT2D eigenvalue weighted by Gasteiger charge is 2.12. The summed E-state index contributed by atoms with van der Waals surface area (Å²) in [5.74, 6) is 0.202. The second-order valence-electron chi connectivity index (χ2n) is 12.2. The molecule has 3 atom stereocenters. The first-order valence-electron chi connectivity index (χ1n) is 17.6. The van der Waals surface area contributed by atoms with E-state index < -0.39 is 6.10 Å². The van der Waals surface area contributed by atoms with E-state index >= 15 is 0 Å². The third-order valence-corrected chi connectivity index (χ3v) is 7.63. The van der Waals surface area contributed by atoms with Crippen LogP contribution in [0.5, 0.6) is 0 Å². The van der Waals surface area contributed by atoms with Crippen LogP contribution < -0.4 is 0 Å². The molecule has 0 aromatic carbocycles. The molecule has 0 heterocycles. The number of esters is 2. The molecule has 0 rings (SSSR count). The van der Waals surface area contributed by atoms with Crippen molar-refractivity contribution in [1.29, 1.82) is 0 Å². The van der Waals surface area contributed by atoms with Gasteiger partial charge in [-0.05, 0) is 70.6 Å². The largest absolute Gasteiger partial charge is 0.463 e. The number of hydrogen-bond donors (Lipinski definition) is 2. The molecule has 6 heteroatoms. The SMILES string of the molecule is CCC(C)CCCCCCCCCCC(=O)OC[C@H](O)COC(=O)CCC/C=C\C/C=C\C/C=C\C/C=C\CCC[C@@H](C)O. The van der Waals surface area contributed by atoms with Crippen molar-refractivity contribution in [3.05, 3.63) is 48.6 Å². The molecule has 0 fully saturated rings. The maximum Gasteiger partial charge on any atom is 0.305 e. The van der Waals surface area contributed by atoms with Gasteiger partial charge >= 0.3 is 11.9 Å². The second kappa shape index (κ2) is 32.2. The lowest BCUT2D eigenvalue weighted by Gasteiger charge is -2.12. The lowest BCUT2D eigenvalue weighted by atomic mass is 9.99. The molecule has 0 aromatic heterocycles. The molecule has 0 radical (unpaired) electrons. The van der Waals surface area contributed by atoms with Crippen LogP contribution in [0.4, 0.5) is 0 Å². The molecular formula is C38H66O6. The van der Waals surface area contributed by atoms with Crippen molar-refractivity contribution < 1.29 is 29.3 Å². The van der Waals surface area contributed by atoms with Crippen molar-refractivity contribution >= 4 is 11.9 Å². The number of aliphatic hydroxyl groups is 2. The molecule has 0 aromatic rings. The Morgan fingerprint density at radius 2 is 1.00 bits per heavy atom. The minimum atomic E-state index is -0.993. The van der Waals surface area contributed by atoms with Crippen LogP contribution in [0.3, 0.4) is 0 Å². The lowest BCUT2D eigenvalue weighted by molar-refractivity contribution is -0.152. The molecule has 0 saturated heterocycles. The fourth-order valence-corrected chi connectivity index (χ4v) is 4.54. The highest BCUT2D eigenvalue weighted by molar-refractivity contribution is 5.69. The molecule has 1 unspecified atom stereocenters. The summed E-state index contributed by atoms with van der Waals surface area (Å²) in [5, 5.41) is 19.2. The topological polar surface area (TPSA) is 93.1 Å². The summed E-state index contributed by atoms with van der Waals surface area (Å²) in [6.07, 6.45) is 35.8. The molecule has 0 amide bonds. The molecule has 0 saturated carbocycles. The van der Waals surface area contributed by atoms with Crippen molar-refractivity contribution in [3.8, 4) is 0 Å². The highest BCUT2D eigenvalue weighted by Crippen LogP contribution is 2.15. The summed E-state index contributed by atoms with van der Waals surface area (Å²) in [7, 11) is 0. The zero-order chi connectivity index (χ0) is 32.5. The van der Waals surface area contributed by atoms with E-state index in [4.69, 9.17) is 9.47 Å². The fourth-order valence-electron chi connectivity index (χ4n) is 4.54. The summed E-state index contributed by atoms with van der Waals surface area (Å²) in [5.41, 5.74) is 0. The Hall–Kier alpha value is -2.18. The zero-order valence-corrected chi connectivity index (χ0v) is 28.4. The molecule has 0 aliphatic carbocycles. The Morgan fingerprint density at radius 1 is 0.568 bits per heavy atom. The van der Waals surface area contributed by atoms with Gasteiger partial charge in [-0.15, -0.1) is 0 Å². The molecule has 6 nitrogen and oxygen atoms in total. The minimum Gasteiger partial charge on any atom is -0.463 e. The number of aliphatic hydroxyl groups excluding tert-OH is 2. The van der Waals surface area contributed by atoms with Crippen molar-refractivity contribution in [2.24, 2.45) is 5.92 Å². The predicted molar refractivity (Wildman–Crippen MR) is 183 cm³/mol. The van der Waals surface area contributed by atoms with Crippen LogP contribution in [-0.4, -0.2) is 47.6 Å². The molecule has 0 aliphatic rings. The van der Waals surface area contributed by atoms with Crippen LogP contribution in [-0.2, 0) is 19.1 Å². The van der Waals surface area contributed by atoms with Gasteiger partial charge in [0, 0.05) is 12.8 Å². The summed E-state index contributed by atoms with van der Waals surface area (Å²) in [6.45, 7) is 6.12. The molecule has 44 heavy (non-hydrogen) atoms. The molecule has 0 spiro atoms. The number of rotatable bonds is 30. The average molecular weight is 619 g/mol. The molecule has 0 aliphatic heterocycles. The van der Waals surface area contributed by atoms with E-state index in [0.29, 0.717) is 19.3 Å². The van der Waals surface area contributed by atoms with E-state index in [1.807, 2.05) is 6.92 Å². The van der Waals surface area contributed by atoms with E-state index in [9.17, 15) is 19.8 Å². The number of hydrogen-bond acceptors (Lipinski definition) is 6. The minimum absolute atomic E-state index is 0.141. The maximum atomic E-state index is 11.9. The quantitative estimate of drug-likeness (QED) is 0.0473. The van der Waals surface area contributed by atoms with Gasteiger partial charge in [-0.1, -0.05) is 120 Å². The third-order valence-electron chi connectivity index (χ3n) is 7.63. The summed E-state index contributed by atoms with van der Waals surface area (Å²) >= 11 is 0. The third kappa shape index (κ3) is 32.7. The highest BCUT2D eigenvalue weighted by atomic mass is 16.6. The smallest absolute Gasteiger partial charge is 0.305 e. The van der Waals surface area contributed by atoms with E-state index in [-0.39, 0.29) is 31.3 Å². The van der Waals surface area contributed by atoms with Gasteiger partial charge in [0.1, 0.15) is 19.3 Å². The normalized spacial score (nSPS) is 14.2. The Bertz CT molecular complexity index is 782. The molecule has 2 N–H and O–H groups in total. The van der Waals surface area contributed by atoms with Gasteiger partial charge in [-0.25, -0.2) is 0 Å². The van der Waals surface area contributed by atoms with Gasteiger partial charge in [0.05, 0.1) is 6.10 Å². The van der Waals surface area contributed by atoms with Gasteiger partial charge < -0.3 is 19.7 Å². The van der Waals surface area contributed by atoms with Crippen LogP contribution in [0.2, 0.25) is 0 Å². The van der Waals surface area contributed by atoms with Gasteiger partial charge in [0.15, 0.2) is 0 Å². The Labute approximate surface area is 270 Å². The van der Waals surface area contributed by atoms with Crippen LogP contribution in [0.1, 0.15) is 149 Å². The van der Waals surface area contributed by atoms with E-state index in [0.717, 1.165) is 70.1 Å². The first-order valence-corrected chi connectivity index (χ1v) is 17.6. The number of allylic oxidation sites excluding steroid dienone is 8. The van der Waals surface area contributed by atoms with Crippen molar-refractivity contribution in [3.63, 3.8) is 0 Å². The number of carbonyl (C=O) groups is 2. The van der Waals surface area contributed by atoms with Crippen LogP contribution in [0, 0.1) is 5.92 Å². The predicted octanol–water partition coefficient (Wildman–Crippen LogP) is 9.50. The summed E-state index contributed by atoms with van der Waals surface area (Å²) in [6, 6.07) is 0. The Morgan fingerprint density at radius 3 is 1.50 bits per heavy atom. The molecule has 254 valence electrons. The van der Waals surface area contributed by atoms with Crippen LogP contribution >= 0.6 is 0 Å². The molecular weight excluding hydrogens is 552 g/mol. The van der Waals surface area contributed by atoms with E-state index in [1.165, 1.54) is 44.9 Å². The van der Waals surface area contributed by atoms with Crippen molar-refractivity contribution in [2.45, 2.75) is 161 Å². The van der Waals surface area contributed by atoms with Gasteiger partial charge in [0.25, 0.3) is 0 Å². The Balaban J connectivity index is 3.59. The zero-order valence-electron chi connectivity index (χ0n) is 28.4. The number of unbranched alkanes of at least 4 members (excludes halogenated alkanes) is 9. The summed E-state index contributed by atoms with van der Waals surface area (Å²) < 4.78 is 10.2. The second-order valence-corrected chi connectivity index (χ2v) is 12.2.